The van der Waals surface area contributed by atoms with Gasteiger partial charge >= 0.3 is 17.9 Å². The van der Waals surface area contributed by atoms with Gasteiger partial charge in [0.05, 0.1) is 6.10 Å². The standard InChI is InChI=1S/C12H14O6/c1-6(13)16-5-12-4-3-7(18-12)11(2)8(12)9(14)17-10(11)15/h7-8H,3-5H2,1-2H3/t7-,8-,11-,12-/m0/s1. The van der Waals surface area contributed by atoms with E-state index in [1.54, 1.807) is 6.92 Å². The van der Waals surface area contributed by atoms with Gasteiger partial charge in [-0.15, -0.1) is 0 Å². The minimum absolute atomic E-state index is 0.00146. The normalized spacial score (nSPS) is 45.0. The second-order valence-corrected chi connectivity index (χ2v) is 5.41. The summed E-state index contributed by atoms with van der Waals surface area (Å²) in [5.74, 6) is -2.16. The fraction of sp³-hybridized carbons (Fsp3) is 0.750. The van der Waals surface area contributed by atoms with Crippen molar-refractivity contribution >= 4 is 17.9 Å². The van der Waals surface area contributed by atoms with Gasteiger partial charge in [-0.1, -0.05) is 0 Å². The molecule has 0 spiro atoms. The smallest absolute Gasteiger partial charge is 0.323 e. The molecule has 0 aromatic rings. The second kappa shape index (κ2) is 3.32. The first kappa shape index (κ1) is 11.6. The minimum atomic E-state index is -0.921. The number of ether oxygens (including phenoxy) is 3. The first-order chi connectivity index (χ1) is 8.40. The van der Waals surface area contributed by atoms with E-state index in [1.165, 1.54) is 6.92 Å². The number of carbonyl (C=O) groups excluding carboxylic acids is 3. The molecule has 0 amide bonds. The molecule has 0 aromatic carbocycles. The van der Waals surface area contributed by atoms with Gasteiger partial charge in [-0.3, -0.25) is 14.4 Å². The molecule has 0 radical (unpaired) electrons. The molecular weight excluding hydrogens is 240 g/mol. The third-order valence-electron chi connectivity index (χ3n) is 4.39. The highest BCUT2D eigenvalue weighted by Gasteiger charge is 2.75. The number of cyclic esters (lactones) is 2. The van der Waals surface area contributed by atoms with Crippen LogP contribution in [0.2, 0.25) is 0 Å². The molecule has 0 N–H and O–H groups in total. The van der Waals surface area contributed by atoms with Crippen LogP contribution in [0.15, 0.2) is 0 Å². The van der Waals surface area contributed by atoms with Crippen molar-refractivity contribution in [1.29, 1.82) is 0 Å². The number of rotatable bonds is 2. The maximum atomic E-state index is 11.8. The molecule has 0 saturated carbocycles. The first-order valence-corrected chi connectivity index (χ1v) is 5.97. The molecule has 0 aliphatic carbocycles. The Kier molecular flexibility index (Phi) is 2.15. The highest BCUT2D eigenvalue weighted by atomic mass is 16.6. The van der Waals surface area contributed by atoms with Crippen LogP contribution in [0.5, 0.6) is 0 Å². The van der Waals surface area contributed by atoms with Gasteiger partial charge in [-0.25, -0.2) is 0 Å². The van der Waals surface area contributed by atoms with Gasteiger partial charge in [0.25, 0.3) is 0 Å². The third kappa shape index (κ3) is 1.19. The topological polar surface area (TPSA) is 78.9 Å². The van der Waals surface area contributed by atoms with Crippen LogP contribution >= 0.6 is 0 Å². The van der Waals surface area contributed by atoms with E-state index in [4.69, 9.17) is 14.2 Å². The van der Waals surface area contributed by atoms with Crippen LogP contribution in [0.1, 0.15) is 26.7 Å². The van der Waals surface area contributed by atoms with E-state index in [-0.39, 0.29) is 12.7 Å². The summed E-state index contributed by atoms with van der Waals surface area (Å²) >= 11 is 0. The second-order valence-electron chi connectivity index (χ2n) is 5.41. The van der Waals surface area contributed by atoms with Gasteiger partial charge in [0, 0.05) is 6.92 Å². The fourth-order valence-electron chi connectivity index (χ4n) is 3.53. The van der Waals surface area contributed by atoms with Gasteiger partial charge < -0.3 is 14.2 Å². The van der Waals surface area contributed by atoms with Crippen LogP contribution in [-0.2, 0) is 28.6 Å². The first-order valence-electron chi connectivity index (χ1n) is 5.97. The van der Waals surface area contributed by atoms with Crippen LogP contribution in [-0.4, -0.2) is 36.2 Å². The highest BCUT2D eigenvalue weighted by molar-refractivity contribution is 6.01. The van der Waals surface area contributed by atoms with E-state index in [9.17, 15) is 14.4 Å². The molecule has 3 rings (SSSR count). The zero-order chi connectivity index (χ0) is 13.1. The Morgan fingerprint density at radius 2 is 2.22 bits per heavy atom. The maximum absolute atomic E-state index is 11.8. The molecule has 3 fully saturated rings. The molecule has 18 heavy (non-hydrogen) atoms. The number of hydrogen-bond acceptors (Lipinski definition) is 6. The molecular formula is C12H14O6. The summed E-state index contributed by atoms with van der Waals surface area (Å²) < 4.78 is 15.6. The van der Waals surface area contributed by atoms with E-state index >= 15 is 0 Å². The van der Waals surface area contributed by atoms with Gasteiger partial charge in [0.1, 0.15) is 23.5 Å². The Balaban J connectivity index is 1.95. The van der Waals surface area contributed by atoms with E-state index in [0.717, 1.165) is 0 Å². The molecule has 6 heteroatoms. The molecule has 6 nitrogen and oxygen atoms in total. The Morgan fingerprint density at radius 1 is 1.50 bits per heavy atom. The lowest BCUT2D eigenvalue weighted by Crippen LogP contribution is -2.48. The van der Waals surface area contributed by atoms with Crippen LogP contribution in [0.25, 0.3) is 0 Å². The number of hydrogen-bond donors (Lipinski definition) is 0. The predicted octanol–water partition coefficient (Wildman–Crippen LogP) is 0.187. The van der Waals surface area contributed by atoms with Gasteiger partial charge in [-0.05, 0) is 19.8 Å². The van der Waals surface area contributed by atoms with E-state index in [2.05, 4.69) is 0 Å². The zero-order valence-corrected chi connectivity index (χ0v) is 10.2. The molecule has 3 aliphatic rings. The monoisotopic (exact) mass is 254 g/mol. The molecule has 4 atom stereocenters. The van der Waals surface area contributed by atoms with Crippen LogP contribution in [0.3, 0.4) is 0 Å². The maximum Gasteiger partial charge on any atom is 0.323 e. The third-order valence-corrected chi connectivity index (χ3v) is 4.39. The minimum Gasteiger partial charge on any atom is -0.463 e. The Labute approximate surface area is 104 Å². The van der Waals surface area contributed by atoms with Crippen LogP contribution < -0.4 is 0 Å². The van der Waals surface area contributed by atoms with Crippen molar-refractivity contribution in [2.24, 2.45) is 11.3 Å². The summed E-state index contributed by atoms with van der Waals surface area (Å²) in [5.41, 5.74) is -1.80. The molecule has 3 heterocycles. The highest BCUT2D eigenvalue weighted by Crippen LogP contribution is 2.61. The predicted molar refractivity (Wildman–Crippen MR) is 56.2 cm³/mol. The van der Waals surface area contributed by atoms with Crippen molar-refractivity contribution < 1.29 is 28.6 Å². The molecule has 2 bridgehead atoms. The summed E-state index contributed by atoms with van der Waals surface area (Å²) in [6.07, 6.45) is 0.960. The zero-order valence-electron chi connectivity index (χ0n) is 10.2. The lowest BCUT2D eigenvalue weighted by Gasteiger charge is -2.32. The quantitative estimate of drug-likeness (QED) is 0.517. The molecule has 98 valence electrons. The molecule has 0 aromatic heterocycles. The van der Waals surface area contributed by atoms with Crippen molar-refractivity contribution in [2.75, 3.05) is 6.61 Å². The summed E-state index contributed by atoms with van der Waals surface area (Å²) in [6.45, 7) is 3.00. The fourth-order valence-corrected chi connectivity index (χ4v) is 3.53. The van der Waals surface area contributed by atoms with Crippen molar-refractivity contribution in [3.8, 4) is 0 Å². The van der Waals surface area contributed by atoms with Crippen molar-refractivity contribution in [1.82, 2.24) is 0 Å². The molecule has 3 saturated heterocycles. The summed E-state index contributed by atoms with van der Waals surface area (Å²) in [5, 5.41) is 0. The number of fused-ring (bicyclic) bond motifs is 5. The van der Waals surface area contributed by atoms with E-state index in [0.29, 0.717) is 12.8 Å². The Morgan fingerprint density at radius 3 is 2.89 bits per heavy atom. The molecule has 0 unspecified atom stereocenters. The van der Waals surface area contributed by atoms with Gasteiger partial charge in [0.15, 0.2) is 0 Å². The average molecular weight is 254 g/mol. The largest absolute Gasteiger partial charge is 0.463 e. The lowest BCUT2D eigenvalue weighted by atomic mass is 9.64. The number of esters is 3. The van der Waals surface area contributed by atoms with E-state index < -0.39 is 34.8 Å². The van der Waals surface area contributed by atoms with Crippen molar-refractivity contribution in [3.05, 3.63) is 0 Å². The van der Waals surface area contributed by atoms with Crippen molar-refractivity contribution in [2.45, 2.75) is 38.4 Å². The van der Waals surface area contributed by atoms with Crippen LogP contribution in [0.4, 0.5) is 0 Å². The average Bonchev–Trinajstić information content (AvgIpc) is 2.87. The Hall–Kier alpha value is -1.43. The summed E-state index contributed by atoms with van der Waals surface area (Å²) in [4.78, 5) is 34.6. The molecule has 3 aliphatic heterocycles. The summed E-state index contributed by atoms with van der Waals surface area (Å²) in [6, 6.07) is 0. The SMILES string of the molecule is CC(=O)OC[C@]12CC[C@H](O1)[C@]1(C)C(=O)OC(=O)[C@H]21. The Bertz CT molecular complexity index is 457. The van der Waals surface area contributed by atoms with Crippen LogP contribution in [0, 0.1) is 11.3 Å². The van der Waals surface area contributed by atoms with E-state index in [1.807, 2.05) is 0 Å². The summed E-state index contributed by atoms with van der Waals surface area (Å²) in [7, 11) is 0. The van der Waals surface area contributed by atoms with Gasteiger partial charge in [0.2, 0.25) is 0 Å². The van der Waals surface area contributed by atoms with Crippen molar-refractivity contribution in [3.63, 3.8) is 0 Å². The van der Waals surface area contributed by atoms with Gasteiger partial charge in [-0.2, -0.15) is 0 Å². The number of carbonyl (C=O) groups is 3. The lowest BCUT2D eigenvalue weighted by molar-refractivity contribution is -0.165.